The number of hydrogen-bond acceptors (Lipinski definition) is 3. The van der Waals surface area contributed by atoms with Gasteiger partial charge in [-0.15, -0.1) is 6.58 Å². The fourth-order valence-corrected chi connectivity index (χ4v) is 4.17. The molecule has 3 nitrogen and oxygen atoms in total. The zero-order valence-corrected chi connectivity index (χ0v) is 16.7. The van der Waals surface area contributed by atoms with Crippen LogP contribution in [-0.2, 0) is 21.6 Å². The highest BCUT2D eigenvalue weighted by Gasteiger charge is 2.45. The molecule has 4 rings (SSSR count). The van der Waals surface area contributed by atoms with Crippen LogP contribution in [0.2, 0.25) is 0 Å². The number of benzene rings is 3. The van der Waals surface area contributed by atoms with E-state index < -0.39 is 17.5 Å². The quantitative estimate of drug-likeness (QED) is 0.420. The average molecular weight is 396 g/mol. The van der Waals surface area contributed by atoms with E-state index >= 15 is 0 Å². The molecule has 0 saturated carbocycles. The molecule has 0 radical (unpaired) electrons. The largest absolute Gasteiger partial charge is 0.512 e. The van der Waals surface area contributed by atoms with Gasteiger partial charge in [0.15, 0.2) is 0 Å². The predicted molar refractivity (Wildman–Crippen MR) is 118 cm³/mol. The fourth-order valence-electron chi connectivity index (χ4n) is 4.17. The van der Waals surface area contributed by atoms with E-state index in [0.29, 0.717) is 6.42 Å². The van der Waals surface area contributed by atoms with Crippen LogP contribution in [0.5, 0.6) is 0 Å². The maximum absolute atomic E-state index is 13.3. The number of carbonyl (C=O) groups excluding carboxylic acids is 1. The highest BCUT2D eigenvalue weighted by molar-refractivity contribution is 5.92. The monoisotopic (exact) mass is 396 g/mol. The van der Waals surface area contributed by atoms with Gasteiger partial charge in [0.1, 0.15) is 11.4 Å². The molecule has 30 heavy (non-hydrogen) atoms. The van der Waals surface area contributed by atoms with Gasteiger partial charge in [0.05, 0.1) is 12.0 Å². The molecule has 0 spiro atoms. The molecule has 1 aliphatic heterocycles. The highest BCUT2D eigenvalue weighted by atomic mass is 16.6. The van der Waals surface area contributed by atoms with Crippen LogP contribution in [0.25, 0.3) is 0 Å². The number of esters is 1. The summed E-state index contributed by atoms with van der Waals surface area (Å²) in [5, 5.41) is 11.1. The topological polar surface area (TPSA) is 46.5 Å². The van der Waals surface area contributed by atoms with Gasteiger partial charge in [0.2, 0.25) is 0 Å². The van der Waals surface area contributed by atoms with Gasteiger partial charge >= 0.3 is 5.97 Å². The Labute approximate surface area is 177 Å². The van der Waals surface area contributed by atoms with Crippen LogP contribution in [0.3, 0.4) is 0 Å². The van der Waals surface area contributed by atoms with E-state index in [1.165, 1.54) is 0 Å². The lowest BCUT2D eigenvalue weighted by Gasteiger charge is -2.39. The molecule has 0 fully saturated rings. The number of carbonyl (C=O) groups is 1. The van der Waals surface area contributed by atoms with Gasteiger partial charge in [-0.2, -0.15) is 0 Å². The van der Waals surface area contributed by atoms with Crippen molar-refractivity contribution in [1.29, 1.82) is 0 Å². The molecular weight excluding hydrogens is 372 g/mol. The number of ether oxygens (including phenoxy) is 1. The molecule has 1 aliphatic rings. The van der Waals surface area contributed by atoms with E-state index in [1.807, 2.05) is 91.0 Å². The molecule has 0 aromatic heterocycles. The molecular formula is C27H24O3. The second kappa shape index (κ2) is 8.42. The van der Waals surface area contributed by atoms with Gasteiger partial charge in [0.25, 0.3) is 0 Å². The summed E-state index contributed by atoms with van der Waals surface area (Å²) in [6.07, 6.45) is 2.37. The van der Waals surface area contributed by atoms with Crippen molar-refractivity contribution in [3.63, 3.8) is 0 Å². The second-order valence-corrected chi connectivity index (χ2v) is 7.57. The summed E-state index contributed by atoms with van der Waals surface area (Å²) in [4.78, 5) is 13.3. The summed E-state index contributed by atoms with van der Waals surface area (Å²) in [5.74, 6) is -0.878. The lowest BCUT2D eigenvalue weighted by atomic mass is 9.79. The molecule has 3 heteroatoms. The van der Waals surface area contributed by atoms with E-state index in [0.717, 1.165) is 16.7 Å². The van der Waals surface area contributed by atoms with Gasteiger partial charge in [-0.1, -0.05) is 97.1 Å². The van der Waals surface area contributed by atoms with Crippen LogP contribution >= 0.6 is 0 Å². The third kappa shape index (κ3) is 3.79. The molecule has 2 unspecified atom stereocenters. The maximum atomic E-state index is 13.3. The zero-order chi connectivity index (χ0) is 21.0. The first-order chi connectivity index (χ1) is 14.6. The van der Waals surface area contributed by atoms with E-state index in [1.54, 1.807) is 6.08 Å². The van der Waals surface area contributed by atoms with Crippen LogP contribution in [0.4, 0.5) is 0 Å². The molecule has 0 saturated heterocycles. The third-order valence-electron chi connectivity index (χ3n) is 5.61. The van der Waals surface area contributed by atoms with E-state index in [4.69, 9.17) is 4.74 Å². The molecule has 150 valence electrons. The molecule has 1 heterocycles. The summed E-state index contributed by atoms with van der Waals surface area (Å²) in [7, 11) is 0. The molecule has 0 bridgehead atoms. The molecule has 0 aliphatic carbocycles. The molecule has 1 N–H and O–H groups in total. The van der Waals surface area contributed by atoms with Gasteiger partial charge < -0.3 is 9.84 Å². The standard InChI is InChI=1S/C27H24O3/c1-2-23(21-14-8-4-9-15-21)25-24(28)19-27(30-26(25)29,22-16-10-5-11-17-22)18-20-12-6-3-7-13-20/h2-17,23,28H,1,18-19H2. The van der Waals surface area contributed by atoms with Crippen molar-refractivity contribution in [2.24, 2.45) is 0 Å². The summed E-state index contributed by atoms with van der Waals surface area (Å²) >= 11 is 0. The minimum Gasteiger partial charge on any atom is -0.512 e. The SMILES string of the molecule is C=CC(C1=C(O)CC(Cc2ccccc2)(c2ccccc2)OC1=O)c1ccccc1. The fraction of sp³-hybridized carbons (Fsp3) is 0.148. The van der Waals surface area contributed by atoms with Crippen LogP contribution in [0.15, 0.2) is 115 Å². The first-order valence-corrected chi connectivity index (χ1v) is 10.1. The van der Waals surface area contributed by atoms with E-state index in [2.05, 4.69) is 6.58 Å². The highest BCUT2D eigenvalue weighted by Crippen LogP contribution is 2.43. The zero-order valence-electron chi connectivity index (χ0n) is 16.7. The van der Waals surface area contributed by atoms with Gasteiger partial charge in [-0.05, 0) is 16.7 Å². The Morgan fingerprint density at radius 1 is 0.933 bits per heavy atom. The number of rotatable bonds is 6. The van der Waals surface area contributed by atoms with Crippen LogP contribution in [-0.4, -0.2) is 11.1 Å². The molecule has 2 atom stereocenters. The van der Waals surface area contributed by atoms with Crippen LogP contribution in [0, 0.1) is 0 Å². The van der Waals surface area contributed by atoms with Gasteiger partial charge in [0, 0.05) is 12.3 Å². The van der Waals surface area contributed by atoms with Crippen molar-refractivity contribution >= 4 is 5.97 Å². The first-order valence-electron chi connectivity index (χ1n) is 10.1. The van der Waals surface area contributed by atoms with Gasteiger partial charge in [-0.3, -0.25) is 0 Å². The Balaban J connectivity index is 1.78. The number of aliphatic hydroxyl groups excluding tert-OH is 1. The number of allylic oxidation sites excluding steroid dienone is 1. The van der Waals surface area contributed by atoms with Gasteiger partial charge in [-0.25, -0.2) is 4.79 Å². The summed E-state index contributed by atoms with van der Waals surface area (Å²) in [6, 6.07) is 29.1. The Kier molecular flexibility index (Phi) is 5.53. The smallest absolute Gasteiger partial charge is 0.339 e. The lowest BCUT2D eigenvalue weighted by molar-refractivity contribution is -0.160. The minimum atomic E-state index is -0.963. The van der Waals surface area contributed by atoms with Crippen molar-refractivity contribution in [2.75, 3.05) is 0 Å². The average Bonchev–Trinajstić information content (AvgIpc) is 2.78. The lowest BCUT2D eigenvalue weighted by Crippen LogP contribution is -2.40. The van der Waals surface area contributed by atoms with E-state index in [9.17, 15) is 9.90 Å². The van der Waals surface area contributed by atoms with Crippen molar-refractivity contribution in [2.45, 2.75) is 24.4 Å². The van der Waals surface area contributed by atoms with Crippen LogP contribution < -0.4 is 0 Å². The number of aliphatic hydroxyl groups is 1. The summed E-state index contributed by atoms with van der Waals surface area (Å²) < 4.78 is 6.15. The first kappa shape index (κ1) is 19.7. The molecule has 0 amide bonds. The Hall–Kier alpha value is -3.59. The van der Waals surface area contributed by atoms with E-state index in [-0.39, 0.29) is 17.8 Å². The molecule has 3 aromatic carbocycles. The van der Waals surface area contributed by atoms with Crippen molar-refractivity contribution < 1.29 is 14.6 Å². The van der Waals surface area contributed by atoms with Crippen molar-refractivity contribution in [3.8, 4) is 0 Å². The summed E-state index contributed by atoms with van der Waals surface area (Å²) in [6.45, 7) is 3.89. The normalized spacial score (nSPS) is 19.8. The van der Waals surface area contributed by atoms with Crippen LogP contribution in [0.1, 0.15) is 29.0 Å². The summed E-state index contributed by atoms with van der Waals surface area (Å²) in [5.41, 5.74) is 2.09. The van der Waals surface area contributed by atoms with Crippen molar-refractivity contribution in [1.82, 2.24) is 0 Å². The second-order valence-electron chi connectivity index (χ2n) is 7.57. The molecule has 3 aromatic rings. The third-order valence-corrected chi connectivity index (χ3v) is 5.61. The number of hydrogen-bond donors (Lipinski definition) is 1. The Bertz CT molecular complexity index is 1060. The number of cyclic esters (lactones) is 1. The predicted octanol–water partition coefficient (Wildman–Crippen LogP) is 5.85. The maximum Gasteiger partial charge on any atom is 0.339 e. The Morgan fingerprint density at radius 3 is 2.07 bits per heavy atom. The van der Waals surface area contributed by atoms with Crippen molar-refractivity contribution in [3.05, 3.63) is 132 Å². The minimum absolute atomic E-state index is 0.0554. The Morgan fingerprint density at radius 2 is 1.50 bits per heavy atom.